The number of urea groups is 1. The van der Waals surface area contributed by atoms with Crippen LogP contribution in [-0.4, -0.2) is 24.4 Å². The molecule has 2 N–H and O–H groups in total. The Kier molecular flexibility index (Phi) is 6.32. The highest BCUT2D eigenvalue weighted by atomic mass is 19.4. The first-order valence-electron chi connectivity index (χ1n) is 10.2. The largest absolute Gasteiger partial charge is 0.494 e. The van der Waals surface area contributed by atoms with Gasteiger partial charge in [-0.25, -0.2) is 9.18 Å². The van der Waals surface area contributed by atoms with Crippen LogP contribution in [0.2, 0.25) is 0 Å². The molecule has 32 heavy (non-hydrogen) atoms. The molecule has 0 aromatic heterocycles. The third kappa shape index (κ3) is 4.76. The van der Waals surface area contributed by atoms with Gasteiger partial charge < -0.3 is 19.9 Å². The Balaban J connectivity index is 1.73. The topological polar surface area (TPSA) is 59.6 Å². The van der Waals surface area contributed by atoms with E-state index in [-0.39, 0.29) is 0 Å². The number of nitrogens with one attached hydrogen (secondary N) is 2. The molecule has 0 spiro atoms. The van der Waals surface area contributed by atoms with Gasteiger partial charge in [-0.1, -0.05) is 19.1 Å². The summed E-state index contributed by atoms with van der Waals surface area (Å²) in [5, 5.41) is 4.65. The zero-order valence-corrected chi connectivity index (χ0v) is 18.5. The van der Waals surface area contributed by atoms with Crippen LogP contribution in [0.15, 0.2) is 36.4 Å². The molecule has 1 fully saturated rings. The lowest BCUT2D eigenvalue weighted by Gasteiger charge is -2.35. The maximum atomic E-state index is 13.9. The number of benzene rings is 2. The summed E-state index contributed by atoms with van der Waals surface area (Å²) in [5.41, 5.74) is -0.730. The summed E-state index contributed by atoms with van der Waals surface area (Å²) in [6.07, 6.45) is -3.89. The van der Waals surface area contributed by atoms with Crippen LogP contribution in [0.4, 0.5) is 33.7 Å². The number of amides is 2. The van der Waals surface area contributed by atoms with Gasteiger partial charge in [0.15, 0.2) is 0 Å². The molecule has 1 atom stereocenters. The van der Waals surface area contributed by atoms with Gasteiger partial charge in [-0.15, -0.1) is 0 Å². The molecule has 2 aromatic rings. The third-order valence-electron chi connectivity index (χ3n) is 6.03. The lowest BCUT2D eigenvalue weighted by Crippen LogP contribution is -2.44. The fourth-order valence-electron chi connectivity index (χ4n) is 3.49. The van der Waals surface area contributed by atoms with Crippen molar-refractivity contribution in [3.8, 4) is 0 Å². The molecule has 1 aliphatic heterocycles. The minimum absolute atomic E-state index is 0.411. The van der Waals surface area contributed by atoms with Crippen molar-refractivity contribution in [2.45, 2.75) is 58.4 Å². The summed E-state index contributed by atoms with van der Waals surface area (Å²) in [6.45, 7) is 9.71. The minimum Gasteiger partial charge on any atom is -0.399 e. The number of anilines is 2. The van der Waals surface area contributed by atoms with Gasteiger partial charge in [-0.3, -0.25) is 0 Å². The normalized spacial score (nSPS) is 20.3. The van der Waals surface area contributed by atoms with Crippen molar-refractivity contribution >= 4 is 30.0 Å². The molecule has 1 heterocycles. The van der Waals surface area contributed by atoms with Crippen molar-refractivity contribution in [1.29, 1.82) is 0 Å². The molecule has 2 aromatic carbocycles. The highest BCUT2D eigenvalue weighted by Gasteiger charge is 2.53. The number of alkyl halides is 3. The van der Waals surface area contributed by atoms with Gasteiger partial charge in [0.05, 0.1) is 22.5 Å². The number of halogens is 4. The summed E-state index contributed by atoms with van der Waals surface area (Å²) in [5.74, 6) is -0.975. The van der Waals surface area contributed by atoms with Crippen molar-refractivity contribution in [1.82, 2.24) is 0 Å². The minimum atomic E-state index is -4.65. The number of rotatable bonds is 4. The Morgan fingerprint density at radius 2 is 1.69 bits per heavy atom. The van der Waals surface area contributed by atoms with Crippen LogP contribution in [0.1, 0.15) is 45.2 Å². The van der Waals surface area contributed by atoms with E-state index >= 15 is 0 Å². The molecule has 0 saturated carbocycles. The molecule has 0 radical (unpaired) electrons. The Morgan fingerprint density at radius 1 is 1.03 bits per heavy atom. The summed E-state index contributed by atoms with van der Waals surface area (Å²) in [4.78, 5) is 12.3. The molecule has 172 valence electrons. The molecular formula is C22H25BF4N2O3. The number of hydrogen-bond donors (Lipinski definition) is 2. The molecular weight excluding hydrogens is 427 g/mol. The van der Waals surface area contributed by atoms with E-state index in [1.54, 1.807) is 25.1 Å². The Morgan fingerprint density at radius 3 is 2.25 bits per heavy atom. The fraction of sp³-hybridized carbons (Fsp3) is 0.409. The van der Waals surface area contributed by atoms with Gasteiger partial charge in [-0.2, -0.15) is 13.2 Å². The first-order chi connectivity index (χ1) is 14.8. The van der Waals surface area contributed by atoms with E-state index < -0.39 is 47.6 Å². The van der Waals surface area contributed by atoms with Crippen molar-refractivity contribution < 1.29 is 31.7 Å². The third-order valence-corrected chi connectivity index (χ3v) is 6.03. The van der Waals surface area contributed by atoms with Gasteiger partial charge in [0.1, 0.15) is 5.82 Å². The van der Waals surface area contributed by atoms with E-state index in [9.17, 15) is 22.4 Å². The average molecular weight is 452 g/mol. The second-order valence-electron chi connectivity index (χ2n) is 8.51. The van der Waals surface area contributed by atoms with Gasteiger partial charge in [-0.05, 0) is 69.4 Å². The Bertz CT molecular complexity index is 1030. The van der Waals surface area contributed by atoms with Crippen LogP contribution in [-0.2, 0) is 15.5 Å². The molecule has 1 unspecified atom stereocenters. The Labute approximate surface area is 184 Å². The van der Waals surface area contributed by atoms with E-state index in [2.05, 4.69) is 10.6 Å². The molecule has 10 heteroatoms. The van der Waals surface area contributed by atoms with Crippen molar-refractivity contribution in [2.75, 3.05) is 10.6 Å². The molecule has 0 bridgehead atoms. The molecule has 5 nitrogen and oxygen atoms in total. The molecule has 1 aliphatic rings. The van der Waals surface area contributed by atoms with Crippen molar-refractivity contribution in [3.63, 3.8) is 0 Å². The standard InChI is InChI=1S/C22H25BF4N2O3/c1-6-21(5)20(3,4)31-23(32-21)15-8-10-17(13(2)11-15)28-19(30)29-18-12-14(22(25,26)27)7-9-16(18)24/h7-12H,6H2,1-5H3,(H2,28,29,30). The molecule has 1 saturated heterocycles. The van der Waals surface area contributed by atoms with Crippen LogP contribution in [0.25, 0.3) is 0 Å². The number of aryl methyl sites for hydroxylation is 1. The first-order valence-corrected chi connectivity index (χ1v) is 10.2. The van der Waals surface area contributed by atoms with E-state index in [1.807, 2.05) is 27.7 Å². The zero-order chi connectivity index (χ0) is 23.9. The van der Waals surface area contributed by atoms with Crippen LogP contribution in [0.5, 0.6) is 0 Å². The van der Waals surface area contributed by atoms with E-state index in [0.29, 0.717) is 29.4 Å². The van der Waals surface area contributed by atoms with E-state index in [4.69, 9.17) is 9.31 Å². The lowest BCUT2D eigenvalue weighted by atomic mass is 9.78. The molecule has 0 aliphatic carbocycles. The first kappa shape index (κ1) is 24.1. The predicted molar refractivity (Wildman–Crippen MR) is 116 cm³/mol. The van der Waals surface area contributed by atoms with Crippen LogP contribution < -0.4 is 16.1 Å². The van der Waals surface area contributed by atoms with Crippen LogP contribution >= 0.6 is 0 Å². The molecule has 2 amide bonds. The quantitative estimate of drug-likeness (QED) is 0.477. The summed E-state index contributed by atoms with van der Waals surface area (Å²) in [7, 11) is -0.573. The zero-order valence-electron chi connectivity index (χ0n) is 18.5. The van der Waals surface area contributed by atoms with Crippen LogP contribution in [0.3, 0.4) is 0 Å². The van der Waals surface area contributed by atoms with Gasteiger partial charge in [0.2, 0.25) is 0 Å². The van der Waals surface area contributed by atoms with E-state index in [0.717, 1.165) is 11.9 Å². The van der Waals surface area contributed by atoms with Gasteiger partial charge in [0, 0.05) is 5.69 Å². The Hall–Kier alpha value is -2.59. The SMILES string of the molecule is CCC1(C)OB(c2ccc(NC(=O)Nc3cc(C(F)(F)F)ccc3F)c(C)c2)OC1(C)C. The maximum Gasteiger partial charge on any atom is 0.494 e. The van der Waals surface area contributed by atoms with Gasteiger partial charge >= 0.3 is 19.3 Å². The van der Waals surface area contributed by atoms with Crippen molar-refractivity contribution in [3.05, 3.63) is 53.3 Å². The molecule has 3 rings (SSSR count). The summed E-state index contributed by atoms with van der Waals surface area (Å²) in [6, 6.07) is 6.11. The number of hydrogen-bond acceptors (Lipinski definition) is 3. The second kappa shape index (κ2) is 8.40. The highest BCUT2D eigenvalue weighted by molar-refractivity contribution is 6.62. The lowest BCUT2D eigenvalue weighted by molar-refractivity contribution is -0.137. The summed E-state index contributed by atoms with van der Waals surface area (Å²) < 4.78 is 64.7. The average Bonchev–Trinajstić information content (AvgIpc) is 2.94. The monoisotopic (exact) mass is 452 g/mol. The van der Waals surface area contributed by atoms with Crippen LogP contribution in [0, 0.1) is 12.7 Å². The second-order valence-corrected chi connectivity index (χ2v) is 8.51. The van der Waals surface area contributed by atoms with Crippen molar-refractivity contribution in [2.24, 2.45) is 0 Å². The summed E-state index contributed by atoms with van der Waals surface area (Å²) >= 11 is 0. The number of carbonyl (C=O) groups is 1. The van der Waals surface area contributed by atoms with Gasteiger partial charge in [0.25, 0.3) is 0 Å². The fourth-order valence-corrected chi connectivity index (χ4v) is 3.49. The van der Waals surface area contributed by atoms with E-state index in [1.165, 1.54) is 0 Å². The highest BCUT2D eigenvalue weighted by Crippen LogP contribution is 2.39. The smallest absolute Gasteiger partial charge is 0.399 e. The maximum absolute atomic E-state index is 13.9. The number of carbonyl (C=O) groups excluding carboxylic acids is 1. The predicted octanol–water partition coefficient (Wildman–Crippen LogP) is 5.49.